The van der Waals surface area contributed by atoms with Crippen LogP contribution in [0.1, 0.15) is 22.7 Å². The predicted molar refractivity (Wildman–Crippen MR) is 48.3 cm³/mol. The third-order valence-electron chi connectivity index (χ3n) is 2.52. The van der Waals surface area contributed by atoms with Crippen molar-refractivity contribution in [3.05, 3.63) is 28.8 Å². The van der Waals surface area contributed by atoms with E-state index in [1.165, 1.54) is 0 Å². The summed E-state index contributed by atoms with van der Waals surface area (Å²) in [6.45, 7) is 4.96. The number of hydrogen-bond donors (Lipinski definition) is 2. The fourth-order valence-corrected chi connectivity index (χ4v) is 1.38. The number of phenols is 1. The first-order valence-electron chi connectivity index (χ1n) is 4.22. The van der Waals surface area contributed by atoms with Gasteiger partial charge in [-0.25, -0.2) is 0 Å². The van der Waals surface area contributed by atoms with Crippen LogP contribution >= 0.6 is 0 Å². The van der Waals surface area contributed by atoms with Gasteiger partial charge in [0.15, 0.2) is 0 Å². The zero-order chi connectivity index (χ0) is 8.72. The number of aromatic hydroxyl groups is 1. The molecule has 0 unspecified atom stereocenters. The summed E-state index contributed by atoms with van der Waals surface area (Å²) in [5.41, 5.74) is 3.19. The van der Waals surface area contributed by atoms with Crippen molar-refractivity contribution in [1.82, 2.24) is 5.32 Å². The molecule has 1 aromatic carbocycles. The van der Waals surface area contributed by atoms with Crippen LogP contribution in [0.25, 0.3) is 0 Å². The van der Waals surface area contributed by atoms with Gasteiger partial charge in [0.05, 0.1) is 0 Å². The van der Waals surface area contributed by atoms with Crippen molar-refractivity contribution in [2.45, 2.75) is 19.9 Å². The fraction of sp³-hybridized carbons (Fsp3) is 0.400. The van der Waals surface area contributed by atoms with Gasteiger partial charge in [0, 0.05) is 18.2 Å². The Morgan fingerprint density at radius 3 is 2.67 bits per heavy atom. The van der Waals surface area contributed by atoms with Gasteiger partial charge >= 0.3 is 0 Å². The average molecular weight is 163 g/mol. The Balaban J connectivity index is 2.49. The van der Waals surface area contributed by atoms with Gasteiger partial charge < -0.3 is 10.4 Å². The van der Waals surface area contributed by atoms with Crippen molar-refractivity contribution < 1.29 is 5.11 Å². The van der Waals surface area contributed by atoms with Crippen molar-refractivity contribution in [2.75, 3.05) is 6.54 Å². The molecule has 1 aliphatic rings. The van der Waals surface area contributed by atoms with E-state index < -0.39 is 0 Å². The Kier molecular flexibility index (Phi) is 1.58. The predicted octanol–water partition coefficient (Wildman–Crippen LogP) is 1.65. The molecule has 0 saturated carbocycles. The Morgan fingerprint density at radius 1 is 1.42 bits per heavy atom. The highest BCUT2D eigenvalue weighted by Crippen LogP contribution is 2.33. The molecule has 12 heavy (non-hydrogen) atoms. The highest BCUT2D eigenvalue weighted by Gasteiger charge is 2.25. The summed E-state index contributed by atoms with van der Waals surface area (Å²) in [6.07, 6.45) is 0. The lowest BCUT2D eigenvalue weighted by atomic mass is 10.0. The molecule has 1 fully saturated rings. The third-order valence-corrected chi connectivity index (χ3v) is 2.52. The van der Waals surface area contributed by atoms with Crippen LogP contribution in [0.2, 0.25) is 0 Å². The molecule has 1 saturated heterocycles. The quantitative estimate of drug-likeness (QED) is 0.618. The van der Waals surface area contributed by atoms with Gasteiger partial charge in [-0.15, -0.1) is 0 Å². The molecule has 0 radical (unpaired) electrons. The molecule has 2 nitrogen and oxygen atoms in total. The molecule has 0 aromatic heterocycles. The van der Waals surface area contributed by atoms with Crippen LogP contribution in [0, 0.1) is 13.8 Å². The van der Waals surface area contributed by atoms with E-state index in [2.05, 4.69) is 11.4 Å². The minimum atomic E-state index is 0.393. The van der Waals surface area contributed by atoms with Crippen molar-refractivity contribution in [2.24, 2.45) is 0 Å². The van der Waals surface area contributed by atoms with Crippen LogP contribution in [0.15, 0.2) is 12.1 Å². The Hall–Kier alpha value is -1.02. The summed E-state index contributed by atoms with van der Waals surface area (Å²) >= 11 is 0. The summed E-state index contributed by atoms with van der Waals surface area (Å²) in [5, 5.41) is 12.9. The molecule has 2 heteroatoms. The van der Waals surface area contributed by atoms with Gasteiger partial charge in [0.2, 0.25) is 0 Å². The second-order valence-electron chi connectivity index (χ2n) is 3.41. The van der Waals surface area contributed by atoms with Gasteiger partial charge in [-0.2, -0.15) is 0 Å². The summed E-state index contributed by atoms with van der Waals surface area (Å²) in [4.78, 5) is 0. The highest BCUT2D eigenvalue weighted by molar-refractivity contribution is 5.47. The minimum absolute atomic E-state index is 0.393. The number of hydrogen-bond acceptors (Lipinski definition) is 2. The van der Waals surface area contributed by atoms with Gasteiger partial charge in [-0.3, -0.25) is 0 Å². The van der Waals surface area contributed by atoms with Gasteiger partial charge in [-0.1, -0.05) is 12.1 Å². The number of benzene rings is 1. The second kappa shape index (κ2) is 2.49. The number of rotatable bonds is 1. The van der Waals surface area contributed by atoms with Crippen molar-refractivity contribution >= 4 is 0 Å². The first-order chi connectivity index (χ1) is 5.70. The molecular weight excluding hydrogens is 150 g/mol. The maximum absolute atomic E-state index is 9.75. The van der Waals surface area contributed by atoms with Crippen molar-refractivity contribution in [3.8, 4) is 5.75 Å². The first-order valence-corrected chi connectivity index (χ1v) is 4.22. The van der Waals surface area contributed by atoms with Crippen LogP contribution in [0.4, 0.5) is 0 Å². The van der Waals surface area contributed by atoms with E-state index >= 15 is 0 Å². The molecule has 1 aliphatic heterocycles. The highest BCUT2D eigenvalue weighted by atomic mass is 16.3. The van der Waals surface area contributed by atoms with Gasteiger partial charge in [0.25, 0.3) is 0 Å². The standard InChI is InChI=1S/C10H13NO/c1-6-3-4-8(9-5-11-9)10(12)7(6)2/h3-4,9,11-12H,5H2,1-2H3/t9-/m0/s1. The monoisotopic (exact) mass is 163 g/mol. The van der Waals surface area contributed by atoms with Crippen molar-refractivity contribution in [1.29, 1.82) is 0 Å². The normalized spacial score (nSPS) is 21.0. The van der Waals surface area contributed by atoms with E-state index in [0.29, 0.717) is 11.8 Å². The molecule has 0 bridgehead atoms. The van der Waals surface area contributed by atoms with Gasteiger partial charge in [-0.05, 0) is 25.0 Å². The third kappa shape index (κ3) is 1.08. The molecular formula is C10H13NO. The molecule has 0 amide bonds. The molecule has 0 spiro atoms. The fourth-order valence-electron chi connectivity index (χ4n) is 1.38. The maximum atomic E-state index is 9.75. The van der Waals surface area contributed by atoms with E-state index in [0.717, 1.165) is 23.2 Å². The smallest absolute Gasteiger partial charge is 0.123 e. The summed E-state index contributed by atoms with van der Waals surface area (Å²) < 4.78 is 0. The average Bonchev–Trinajstić information content (AvgIpc) is 2.84. The lowest BCUT2D eigenvalue weighted by molar-refractivity contribution is 0.463. The number of aryl methyl sites for hydroxylation is 1. The molecule has 1 aromatic rings. The van der Waals surface area contributed by atoms with E-state index in [1.807, 2.05) is 19.9 Å². The summed E-state index contributed by atoms with van der Waals surface area (Å²) in [7, 11) is 0. The zero-order valence-corrected chi connectivity index (χ0v) is 7.39. The maximum Gasteiger partial charge on any atom is 0.123 e. The lowest BCUT2D eigenvalue weighted by Gasteiger charge is -2.07. The molecule has 2 rings (SSSR count). The van der Waals surface area contributed by atoms with Crippen LogP contribution in [0.5, 0.6) is 5.75 Å². The molecule has 1 heterocycles. The Bertz CT molecular complexity index is 316. The number of phenolic OH excluding ortho intramolecular Hbond substituents is 1. The van der Waals surface area contributed by atoms with E-state index in [1.54, 1.807) is 0 Å². The van der Waals surface area contributed by atoms with E-state index in [4.69, 9.17) is 0 Å². The Labute approximate surface area is 72.2 Å². The van der Waals surface area contributed by atoms with E-state index in [-0.39, 0.29) is 0 Å². The largest absolute Gasteiger partial charge is 0.507 e. The van der Waals surface area contributed by atoms with Gasteiger partial charge in [0.1, 0.15) is 5.75 Å². The minimum Gasteiger partial charge on any atom is -0.507 e. The van der Waals surface area contributed by atoms with Crippen LogP contribution in [-0.2, 0) is 0 Å². The zero-order valence-electron chi connectivity index (χ0n) is 7.39. The van der Waals surface area contributed by atoms with Crippen LogP contribution in [0.3, 0.4) is 0 Å². The first kappa shape index (κ1) is 7.62. The number of nitrogens with one attached hydrogen (secondary N) is 1. The summed E-state index contributed by atoms with van der Waals surface area (Å²) in [6, 6.07) is 4.46. The van der Waals surface area contributed by atoms with E-state index in [9.17, 15) is 5.11 Å². The molecule has 0 aliphatic carbocycles. The topological polar surface area (TPSA) is 42.2 Å². The Morgan fingerprint density at radius 2 is 2.08 bits per heavy atom. The van der Waals surface area contributed by atoms with Crippen LogP contribution in [-0.4, -0.2) is 11.7 Å². The SMILES string of the molecule is Cc1ccc([C@@H]2CN2)c(O)c1C. The summed E-state index contributed by atoms with van der Waals surface area (Å²) in [5.74, 6) is 0.463. The van der Waals surface area contributed by atoms with Crippen LogP contribution < -0.4 is 5.32 Å². The molecule has 64 valence electrons. The molecule has 2 N–H and O–H groups in total. The molecule has 1 atom stereocenters. The second-order valence-corrected chi connectivity index (χ2v) is 3.41. The lowest BCUT2D eigenvalue weighted by Crippen LogP contribution is -1.90. The van der Waals surface area contributed by atoms with Crippen molar-refractivity contribution in [3.63, 3.8) is 0 Å².